The van der Waals surface area contributed by atoms with Crippen LogP contribution in [0.25, 0.3) is 0 Å². The Morgan fingerprint density at radius 2 is 2.00 bits per heavy atom. The van der Waals surface area contributed by atoms with E-state index in [1.54, 1.807) is 6.92 Å². The molecule has 20 heavy (non-hydrogen) atoms. The Morgan fingerprint density at radius 1 is 1.40 bits per heavy atom. The van der Waals surface area contributed by atoms with Gasteiger partial charge in [0.2, 0.25) is 10.0 Å². The average Bonchev–Trinajstić information content (AvgIpc) is 2.26. The van der Waals surface area contributed by atoms with Gasteiger partial charge in [0.15, 0.2) is 0 Å². The zero-order chi connectivity index (χ0) is 15.5. The number of rotatable bonds is 6. The van der Waals surface area contributed by atoms with Gasteiger partial charge in [0.05, 0.1) is 4.90 Å². The number of carboxylic acid groups (broad SMARTS) is 1. The molecule has 0 saturated carbocycles. The Hall–Kier alpha value is -1.11. The molecule has 1 atom stereocenters. The molecule has 1 aromatic rings. The van der Waals surface area contributed by atoms with Crippen molar-refractivity contribution in [2.24, 2.45) is 5.92 Å². The van der Waals surface area contributed by atoms with Crippen molar-refractivity contribution in [1.82, 2.24) is 4.72 Å². The third-order valence-electron chi connectivity index (χ3n) is 2.73. The molecule has 0 radical (unpaired) electrons. The largest absolute Gasteiger partial charge is 0.480 e. The number of benzene rings is 1. The second kappa shape index (κ2) is 6.56. The molecule has 0 aliphatic carbocycles. The minimum atomic E-state index is -3.89. The van der Waals surface area contributed by atoms with E-state index in [2.05, 4.69) is 4.72 Å². The van der Waals surface area contributed by atoms with Gasteiger partial charge in [-0.15, -0.1) is 0 Å². The van der Waals surface area contributed by atoms with Crippen LogP contribution >= 0.6 is 11.6 Å². The molecule has 0 spiro atoms. The smallest absolute Gasteiger partial charge is 0.321 e. The predicted octanol–water partition coefficient (Wildman–Crippen LogP) is 2.43. The van der Waals surface area contributed by atoms with Gasteiger partial charge in [-0.25, -0.2) is 8.42 Å². The first kappa shape index (κ1) is 16.9. The zero-order valence-electron chi connectivity index (χ0n) is 11.6. The summed E-state index contributed by atoms with van der Waals surface area (Å²) in [5.74, 6) is -1.13. The summed E-state index contributed by atoms with van der Waals surface area (Å²) >= 11 is 5.78. The fraction of sp³-hybridized carbons (Fsp3) is 0.462. The SMILES string of the molecule is Cc1cc(Cl)ccc1S(=O)(=O)N[C@@H](CC(C)C)C(=O)O. The van der Waals surface area contributed by atoms with E-state index in [0.29, 0.717) is 10.6 Å². The van der Waals surface area contributed by atoms with Crippen molar-refractivity contribution in [2.45, 2.75) is 38.1 Å². The van der Waals surface area contributed by atoms with Gasteiger partial charge >= 0.3 is 5.97 Å². The van der Waals surface area contributed by atoms with Crippen LogP contribution in [0.4, 0.5) is 0 Å². The molecule has 0 aliphatic heterocycles. The average molecular weight is 320 g/mol. The van der Waals surface area contributed by atoms with E-state index in [9.17, 15) is 13.2 Å². The Balaban J connectivity index is 3.06. The number of sulfonamides is 1. The van der Waals surface area contributed by atoms with Crippen LogP contribution in [0.15, 0.2) is 23.1 Å². The normalized spacial score (nSPS) is 13.4. The van der Waals surface area contributed by atoms with Crippen LogP contribution in [0.2, 0.25) is 5.02 Å². The third-order valence-corrected chi connectivity index (χ3v) is 4.60. The van der Waals surface area contributed by atoms with E-state index in [4.69, 9.17) is 16.7 Å². The number of aryl methyl sites for hydroxylation is 1. The Bertz CT molecular complexity index is 598. The highest BCUT2D eigenvalue weighted by atomic mass is 35.5. The van der Waals surface area contributed by atoms with E-state index < -0.39 is 22.0 Å². The molecular formula is C13H18ClNO4S. The monoisotopic (exact) mass is 319 g/mol. The van der Waals surface area contributed by atoms with E-state index in [1.165, 1.54) is 18.2 Å². The molecule has 0 unspecified atom stereocenters. The van der Waals surface area contributed by atoms with Gasteiger partial charge in [-0.1, -0.05) is 25.4 Å². The van der Waals surface area contributed by atoms with Crippen LogP contribution in [-0.4, -0.2) is 25.5 Å². The summed E-state index contributed by atoms with van der Waals surface area (Å²) in [5, 5.41) is 9.53. The quantitative estimate of drug-likeness (QED) is 0.843. The molecule has 0 bridgehead atoms. The maximum absolute atomic E-state index is 12.2. The highest BCUT2D eigenvalue weighted by Gasteiger charge is 2.27. The van der Waals surface area contributed by atoms with E-state index in [1.807, 2.05) is 13.8 Å². The molecule has 1 aromatic carbocycles. The first-order valence-corrected chi connectivity index (χ1v) is 8.01. The molecule has 112 valence electrons. The van der Waals surface area contributed by atoms with E-state index in [-0.39, 0.29) is 17.2 Å². The molecule has 7 heteroatoms. The zero-order valence-corrected chi connectivity index (χ0v) is 13.1. The summed E-state index contributed by atoms with van der Waals surface area (Å²) in [6.45, 7) is 5.27. The van der Waals surface area contributed by atoms with Crippen LogP contribution in [0.3, 0.4) is 0 Å². The fourth-order valence-corrected chi connectivity index (χ4v) is 3.49. The number of carboxylic acids is 1. The summed E-state index contributed by atoms with van der Waals surface area (Å²) in [6, 6.07) is 3.21. The lowest BCUT2D eigenvalue weighted by molar-refractivity contribution is -0.139. The van der Waals surface area contributed by atoms with Gasteiger partial charge in [0.25, 0.3) is 0 Å². The van der Waals surface area contributed by atoms with Crippen molar-refractivity contribution in [3.05, 3.63) is 28.8 Å². The third kappa shape index (κ3) is 4.47. The highest BCUT2D eigenvalue weighted by Crippen LogP contribution is 2.20. The van der Waals surface area contributed by atoms with Crippen LogP contribution < -0.4 is 4.72 Å². The lowest BCUT2D eigenvalue weighted by atomic mass is 10.1. The van der Waals surface area contributed by atoms with Crippen molar-refractivity contribution in [1.29, 1.82) is 0 Å². The van der Waals surface area contributed by atoms with Gasteiger partial charge in [0.1, 0.15) is 6.04 Å². The summed E-state index contributed by atoms with van der Waals surface area (Å²) in [4.78, 5) is 11.2. The number of carbonyl (C=O) groups is 1. The van der Waals surface area contributed by atoms with Gasteiger partial charge in [0, 0.05) is 5.02 Å². The first-order chi connectivity index (χ1) is 9.13. The Kier molecular flexibility index (Phi) is 5.56. The lowest BCUT2D eigenvalue weighted by Crippen LogP contribution is -2.41. The number of hydrogen-bond acceptors (Lipinski definition) is 3. The fourth-order valence-electron chi connectivity index (χ4n) is 1.84. The summed E-state index contributed by atoms with van der Waals surface area (Å²) in [7, 11) is -3.89. The summed E-state index contributed by atoms with van der Waals surface area (Å²) in [5.41, 5.74) is 0.471. The topological polar surface area (TPSA) is 83.5 Å². The van der Waals surface area contributed by atoms with Crippen molar-refractivity contribution in [3.8, 4) is 0 Å². The molecule has 0 aliphatic rings. The van der Waals surface area contributed by atoms with Crippen LogP contribution in [0, 0.1) is 12.8 Å². The van der Waals surface area contributed by atoms with Crippen LogP contribution in [0.1, 0.15) is 25.8 Å². The Morgan fingerprint density at radius 3 is 2.45 bits per heavy atom. The summed E-state index contributed by atoms with van der Waals surface area (Å²) in [6.07, 6.45) is 0.223. The van der Waals surface area contributed by atoms with Crippen molar-refractivity contribution in [2.75, 3.05) is 0 Å². The summed E-state index contributed by atoms with van der Waals surface area (Å²) < 4.78 is 26.7. The van der Waals surface area contributed by atoms with Crippen LogP contribution in [-0.2, 0) is 14.8 Å². The standard InChI is InChI=1S/C13H18ClNO4S/c1-8(2)6-11(13(16)17)15-20(18,19)12-5-4-10(14)7-9(12)3/h4-5,7-8,11,15H,6H2,1-3H3,(H,16,17)/t11-/m0/s1. The van der Waals surface area contributed by atoms with Crippen molar-refractivity contribution < 1.29 is 18.3 Å². The van der Waals surface area contributed by atoms with Crippen LogP contribution in [0.5, 0.6) is 0 Å². The molecule has 5 nitrogen and oxygen atoms in total. The molecule has 1 rings (SSSR count). The molecule has 0 amide bonds. The van der Waals surface area contributed by atoms with E-state index in [0.717, 1.165) is 0 Å². The molecule has 0 fully saturated rings. The highest BCUT2D eigenvalue weighted by molar-refractivity contribution is 7.89. The maximum atomic E-state index is 12.2. The van der Waals surface area contributed by atoms with Crippen molar-refractivity contribution in [3.63, 3.8) is 0 Å². The number of hydrogen-bond donors (Lipinski definition) is 2. The predicted molar refractivity (Wildman–Crippen MR) is 77.4 cm³/mol. The van der Waals surface area contributed by atoms with Gasteiger partial charge < -0.3 is 5.11 Å². The molecule has 0 heterocycles. The molecule has 0 aromatic heterocycles. The van der Waals surface area contributed by atoms with Crippen molar-refractivity contribution >= 4 is 27.6 Å². The Labute approximate surface area is 124 Å². The number of halogens is 1. The molecule has 0 saturated heterocycles. The number of aliphatic carboxylic acids is 1. The second-order valence-corrected chi connectivity index (χ2v) is 7.17. The second-order valence-electron chi connectivity index (χ2n) is 5.05. The van der Waals surface area contributed by atoms with Gasteiger partial charge in [-0.2, -0.15) is 4.72 Å². The van der Waals surface area contributed by atoms with Gasteiger partial charge in [-0.3, -0.25) is 4.79 Å². The first-order valence-electron chi connectivity index (χ1n) is 6.14. The minimum absolute atomic E-state index is 0.0388. The maximum Gasteiger partial charge on any atom is 0.321 e. The minimum Gasteiger partial charge on any atom is -0.480 e. The van der Waals surface area contributed by atoms with Gasteiger partial charge in [-0.05, 0) is 43.0 Å². The number of nitrogens with one attached hydrogen (secondary N) is 1. The molecular weight excluding hydrogens is 302 g/mol. The van der Waals surface area contributed by atoms with E-state index >= 15 is 0 Å². The lowest BCUT2D eigenvalue weighted by Gasteiger charge is -2.17. The molecule has 2 N–H and O–H groups in total.